The number of amides is 2. The van der Waals surface area contributed by atoms with E-state index in [9.17, 15) is 28.8 Å². The van der Waals surface area contributed by atoms with Crippen LogP contribution in [-0.4, -0.2) is 65.4 Å². The summed E-state index contributed by atoms with van der Waals surface area (Å²) in [5.41, 5.74) is 6.83. The van der Waals surface area contributed by atoms with Gasteiger partial charge in [0.2, 0.25) is 0 Å². The number of nitrogens with one attached hydrogen (secondary N) is 4. The van der Waals surface area contributed by atoms with Gasteiger partial charge in [-0.2, -0.15) is 15.2 Å². The maximum atomic E-state index is 12.9. The number of aromatic amines is 3. The van der Waals surface area contributed by atoms with Crippen molar-refractivity contribution >= 4 is 53.0 Å². The number of H-pyrrole nitrogens is 3. The fourth-order valence-electron chi connectivity index (χ4n) is 4.92. The van der Waals surface area contributed by atoms with E-state index in [1.54, 1.807) is 45.9 Å². The zero-order valence-corrected chi connectivity index (χ0v) is 27.1. The number of aromatic nitrogens is 4. The lowest BCUT2D eigenvalue weighted by atomic mass is 10.1. The Morgan fingerprint density at radius 1 is 0.740 bits per heavy atom. The minimum Gasteiger partial charge on any atom is -0.478 e. The lowest BCUT2D eigenvalue weighted by Crippen LogP contribution is -2.21. The summed E-state index contributed by atoms with van der Waals surface area (Å²) >= 11 is 0. The Morgan fingerprint density at radius 2 is 1.34 bits per heavy atom. The number of nitrogens with zero attached hydrogens (tertiary/aromatic N) is 4. The zero-order valence-electron chi connectivity index (χ0n) is 27.1. The number of hydrazone groups is 2. The molecule has 0 bridgehead atoms. The van der Waals surface area contributed by atoms with Gasteiger partial charge in [0.25, 0.3) is 22.9 Å². The molecule has 4 aromatic rings. The van der Waals surface area contributed by atoms with Gasteiger partial charge in [0.1, 0.15) is 0 Å². The van der Waals surface area contributed by atoms with Gasteiger partial charge in [-0.1, -0.05) is 6.08 Å². The van der Waals surface area contributed by atoms with Crippen molar-refractivity contribution in [1.29, 1.82) is 0 Å². The number of carbonyl (C=O) groups excluding carboxylic acids is 2. The highest BCUT2D eigenvalue weighted by Crippen LogP contribution is 2.24. The highest BCUT2D eigenvalue weighted by Gasteiger charge is 2.28. The third-order valence-corrected chi connectivity index (χ3v) is 7.70. The Labute approximate surface area is 282 Å². The maximum Gasteiger partial charge on any atom is 0.335 e. The first kappa shape index (κ1) is 34.2. The summed E-state index contributed by atoms with van der Waals surface area (Å²) in [7, 11) is 0. The highest BCUT2D eigenvalue weighted by atomic mass is 16.4. The molecule has 6 rings (SSSR count). The second-order valence-electron chi connectivity index (χ2n) is 11.1. The Balaban J connectivity index is 0.000000269. The van der Waals surface area contributed by atoms with Gasteiger partial charge in [-0.05, 0) is 94.5 Å². The van der Waals surface area contributed by atoms with Crippen LogP contribution in [-0.2, 0) is 9.59 Å². The molecule has 2 aromatic heterocycles. The SMILES string of the molecule is CC1=NN(c2ccc(C(=O)O)cc2)C(=O)C1=C/C=C/c1c(C)[nH]n(-c2ccc(C(=O)O)cc2)c1=O.CC1=NNC(=O)C1=Cc1c(C)[nH][nH]c1=O. The number of anilines is 1. The summed E-state index contributed by atoms with van der Waals surface area (Å²) in [4.78, 5) is 70.5. The Morgan fingerprint density at radius 3 is 1.86 bits per heavy atom. The van der Waals surface area contributed by atoms with E-state index in [0.29, 0.717) is 56.5 Å². The lowest BCUT2D eigenvalue weighted by molar-refractivity contribution is -0.116. The van der Waals surface area contributed by atoms with Gasteiger partial charge >= 0.3 is 11.9 Å². The van der Waals surface area contributed by atoms with Crippen LogP contribution in [0.5, 0.6) is 0 Å². The van der Waals surface area contributed by atoms with Crippen LogP contribution in [0.15, 0.2) is 91.6 Å². The van der Waals surface area contributed by atoms with Crippen LogP contribution in [0.4, 0.5) is 5.69 Å². The third-order valence-electron chi connectivity index (χ3n) is 7.70. The van der Waals surface area contributed by atoms with Crippen molar-refractivity contribution < 1.29 is 29.4 Å². The predicted octanol–water partition coefficient (Wildman–Crippen LogP) is 3.13. The average molecular weight is 679 g/mol. The normalized spacial score (nSPS) is 15.7. The Kier molecular flexibility index (Phi) is 9.55. The summed E-state index contributed by atoms with van der Waals surface area (Å²) in [5, 5.41) is 35.4. The van der Waals surface area contributed by atoms with E-state index in [4.69, 9.17) is 10.2 Å². The number of carboxylic acids is 2. The quantitative estimate of drug-likeness (QED) is 0.159. The molecular weight excluding hydrogens is 648 g/mol. The van der Waals surface area contributed by atoms with Crippen molar-refractivity contribution in [2.45, 2.75) is 27.7 Å². The van der Waals surface area contributed by atoms with Gasteiger partial charge < -0.3 is 15.3 Å². The summed E-state index contributed by atoms with van der Waals surface area (Å²) in [5.74, 6) is -2.78. The minimum atomic E-state index is -1.06. The molecule has 2 aliphatic heterocycles. The zero-order chi connectivity index (χ0) is 36.3. The molecule has 0 fully saturated rings. The van der Waals surface area contributed by atoms with Crippen molar-refractivity contribution in [2.24, 2.45) is 10.2 Å². The van der Waals surface area contributed by atoms with E-state index in [0.717, 1.165) is 0 Å². The Bertz CT molecular complexity index is 2310. The van der Waals surface area contributed by atoms with Crippen LogP contribution in [0, 0.1) is 13.8 Å². The number of hydrogen-bond donors (Lipinski definition) is 6. The molecule has 16 nitrogen and oxygen atoms in total. The monoisotopic (exact) mass is 678 g/mol. The first-order valence-corrected chi connectivity index (χ1v) is 14.9. The molecule has 0 atom stereocenters. The van der Waals surface area contributed by atoms with Crippen molar-refractivity contribution in [3.63, 3.8) is 0 Å². The number of carbonyl (C=O) groups is 4. The Hall–Kier alpha value is -7.10. The highest BCUT2D eigenvalue weighted by molar-refractivity contribution is 6.30. The van der Waals surface area contributed by atoms with Crippen LogP contribution in [0.1, 0.15) is 57.1 Å². The number of aromatic carboxylic acids is 2. The summed E-state index contributed by atoms with van der Waals surface area (Å²) in [6.07, 6.45) is 6.25. The van der Waals surface area contributed by atoms with Crippen LogP contribution in [0.2, 0.25) is 0 Å². The fourth-order valence-corrected chi connectivity index (χ4v) is 4.92. The van der Waals surface area contributed by atoms with Crippen LogP contribution >= 0.6 is 0 Å². The van der Waals surface area contributed by atoms with E-state index in [-0.39, 0.29) is 34.1 Å². The number of carboxylic acid groups (broad SMARTS) is 2. The first-order chi connectivity index (χ1) is 23.8. The standard InChI is InChI=1S/C25H20N4O6.C9H10N4O2/c1-14-20(22(30)28(26-14)18-10-6-16(7-11-18)24(32)33)4-3-5-21-15(2)27-29(23(21)31)19-12-8-17(9-13-19)25(34)35;1-4-6(8(14)12-10-4)3-7-5(2)11-13-9(7)15/h3-13,26H,1-2H3,(H,32,33)(H,34,35);3H,1-2H3,(H,12,14)(H2,11,13,15)/b4-3+,21-5?;. The molecule has 254 valence electrons. The maximum absolute atomic E-state index is 12.9. The van der Waals surface area contributed by atoms with Gasteiger partial charge in [0, 0.05) is 11.4 Å². The number of rotatable bonds is 7. The third kappa shape index (κ3) is 6.93. The fraction of sp³-hybridized carbons (Fsp3) is 0.118. The second-order valence-corrected chi connectivity index (χ2v) is 11.1. The molecule has 2 amide bonds. The van der Waals surface area contributed by atoms with Gasteiger partial charge in [-0.15, -0.1) is 0 Å². The van der Waals surface area contributed by atoms with Crippen molar-refractivity contribution in [2.75, 3.05) is 5.01 Å². The van der Waals surface area contributed by atoms with Crippen molar-refractivity contribution in [3.8, 4) is 5.69 Å². The number of benzene rings is 2. The minimum absolute atomic E-state index is 0.102. The number of allylic oxidation sites excluding steroid dienone is 2. The lowest BCUT2D eigenvalue weighted by Gasteiger charge is -2.11. The van der Waals surface area contributed by atoms with Crippen molar-refractivity contribution in [1.82, 2.24) is 25.4 Å². The molecular formula is C34H30N8O8. The molecule has 0 aliphatic carbocycles. The van der Waals surface area contributed by atoms with Gasteiger partial charge in [0.15, 0.2) is 0 Å². The molecule has 0 saturated carbocycles. The molecule has 0 unspecified atom stereocenters. The van der Waals surface area contributed by atoms with Crippen LogP contribution in [0.25, 0.3) is 17.8 Å². The van der Waals surface area contributed by atoms with E-state index in [1.807, 2.05) is 0 Å². The summed E-state index contributed by atoms with van der Waals surface area (Å²) in [6, 6.07) is 11.7. The van der Waals surface area contributed by atoms with Crippen LogP contribution < -0.4 is 21.6 Å². The molecule has 2 aliphatic rings. The number of hydrogen-bond acceptors (Lipinski definition) is 8. The predicted molar refractivity (Wildman–Crippen MR) is 185 cm³/mol. The molecule has 0 spiro atoms. The van der Waals surface area contributed by atoms with E-state index < -0.39 is 11.9 Å². The molecule has 50 heavy (non-hydrogen) atoms. The van der Waals surface area contributed by atoms with Gasteiger partial charge in [0.05, 0.1) is 56.2 Å². The number of aryl methyl sites for hydroxylation is 2. The molecule has 16 heteroatoms. The van der Waals surface area contributed by atoms with Gasteiger partial charge in [-0.25, -0.2) is 19.7 Å². The molecule has 0 radical (unpaired) electrons. The van der Waals surface area contributed by atoms with Crippen molar-refractivity contribution in [3.05, 3.63) is 126 Å². The van der Waals surface area contributed by atoms with E-state index in [1.165, 1.54) is 64.3 Å². The molecule has 2 aromatic carbocycles. The summed E-state index contributed by atoms with van der Waals surface area (Å²) < 4.78 is 1.31. The van der Waals surface area contributed by atoms with E-state index >= 15 is 0 Å². The largest absolute Gasteiger partial charge is 0.478 e. The molecule has 0 saturated heterocycles. The topological polar surface area (TPSA) is 235 Å². The molecule has 6 N–H and O–H groups in total. The van der Waals surface area contributed by atoms with Crippen LogP contribution in [0.3, 0.4) is 0 Å². The van der Waals surface area contributed by atoms with E-state index in [2.05, 4.69) is 30.9 Å². The van der Waals surface area contributed by atoms with Gasteiger partial charge in [-0.3, -0.25) is 29.4 Å². The smallest absolute Gasteiger partial charge is 0.335 e. The summed E-state index contributed by atoms with van der Waals surface area (Å²) in [6.45, 7) is 6.87. The average Bonchev–Trinajstić information content (AvgIpc) is 3.78. The second kappa shape index (κ2) is 13.9. The molecule has 4 heterocycles. The first-order valence-electron chi connectivity index (χ1n) is 14.9.